The molecule has 1 aliphatic carbocycles. The Kier molecular flexibility index (Phi) is 6.71. The molecular formula is C18H28N2O3. The summed E-state index contributed by atoms with van der Waals surface area (Å²) in [7, 11) is 1.76. The normalized spacial score (nSPS) is 20.3. The van der Waals surface area contributed by atoms with Crippen LogP contribution in [0, 0.1) is 5.92 Å². The molecule has 1 saturated carbocycles. The Hall–Kier alpha value is -1.75. The molecule has 1 aromatic rings. The Labute approximate surface area is 138 Å². The summed E-state index contributed by atoms with van der Waals surface area (Å²) in [6.45, 7) is 3.34. The molecule has 2 rings (SSSR count). The molecule has 0 aromatic heterocycles. The second-order valence-corrected chi connectivity index (χ2v) is 6.27. The number of rotatable bonds is 7. The molecule has 0 radical (unpaired) electrons. The maximum absolute atomic E-state index is 12.4. The summed E-state index contributed by atoms with van der Waals surface area (Å²) < 4.78 is 5.74. The van der Waals surface area contributed by atoms with Gasteiger partial charge >= 0.3 is 6.03 Å². The van der Waals surface area contributed by atoms with Crippen molar-refractivity contribution in [2.24, 2.45) is 5.92 Å². The zero-order valence-electron chi connectivity index (χ0n) is 14.1. The van der Waals surface area contributed by atoms with Gasteiger partial charge in [-0.25, -0.2) is 4.79 Å². The van der Waals surface area contributed by atoms with Crippen LogP contribution in [0.25, 0.3) is 0 Å². The number of carbonyl (C=O) groups excluding carboxylic acids is 1. The van der Waals surface area contributed by atoms with Crippen LogP contribution in [0.2, 0.25) is 0 Å². The highest BCUT2D eigenvalue weighted by Crippen LogP contribution is 2.27. The number of hydrogen-bond acceptors (Lipinski definition) is 3. The fourth-order valence-electron chi connectivity index (χ4n) is 2.90. The molecule has 1 aromatic carbocycles. The van der Waals surface area contributed by atoms with Crippen LogP contribution in [-0.4, -0.2) is 42.3 Å². The largest absolute Gasteiger partial charge is 0.491 e. The Morgan fingerprint density at radius 2 is 2.17 bits per heavy atom. The summed E-state index contributed by atoms with van der Waals surface area (Å²) in [5.74, 6) is 0.880. The molecule has 2 unspecified atom stereocenters. The molecule has 2 N–H and O–H groups in total. The lowest BCUT2D eigenvalue weighted by molar-refractivity contribution is 0.116. The molecule has 128 valence electrons. The number of amides is 2. The molecule has 5 heteroatoms. The second-order valence-electron chi connectivity index (χ2n) is 6.27. The Bertz CT molecular complexity index is 507. The lowest BCUT2D eigenvalue weighted by Gasteiger charge is -2.24. The fraction of sp³-hybridized carbons (Fsp3) is 0.611. The lowest BCUT2D eigenvalue weighted by atomic mass is 10.1. The van der Waals surface area contributed by atoms with Gasteiger partial charge in [0.05, 0.1) is 18.4 Å². The summed E-state index contributed by atoms with van der Waals surface area (Å²) in [6, 6.07) is 7.32. The quantitative estimate of drug-likeness (QED) is 0.756. The first-order chi connectivity index (χ1) is 11.1. The number of hydrogen-bond donors (Lipinski definition) is 2. The maximum Gasteiger partial charge on any atom is 0.321 e. The predicted octanol–water partition coefficient (Wildman–Crippen LogP) is 3.49. The number of unbranched alkanes of at least 4 members (excludes halogenated alkanes) is 1. The number of aliphatic hydroxyl groups excluding tert-OH is 1. The molecule has 0 spiro atoms. The first kappa shape index (κ1) is 17.6. The number of nitrogens with zero attached hydrogens (tertiary/aromatic N) is 1. The molecule has 23 heavy (non-hydrogen) atoms. The average Bonchev–Trinajstić information content (AvgIpc) is 2.94. The van der Waals surface area contributed by atoms with Crippen LogP contribution < -0.4 is 10.1 Å². The van der Waals surface area contributed by atoms with E-state index in [1.807, 2.05) is 24.3 Å². The van der Waals surface area contributed by atoms with Gasteiger partial charge in [0.2, 0.25) is 0 Å². The molecule has 0 heterocycles. The highest BCUT2D eigenvalue weighted by atomic mass is 16.5. The van der Waals surface area contributed by atoms with Crippen molar-refractivity contribution >= 4 is 11.7 Å². The van der Waals surface area contributed by atoms with Crippen LogP contribution in [0.1, 0.15) is 39.0 Å². The zero-order valence-corrected chi connectivity index (χ0v) is 14.1. The third kappa shape index (κ3) is 5.13. The smallest absolute Gasteiger partial charge is 0.321 e. The Morgan fingerprint density at radius 1 is 1.39 bits per heavy atom. The van der Waals surface area contributed by atoms with Crippen LogP contribution in [0.3, 0.4) is 0 Å². The van der Waals surface area contributed by atoms with Gasteiger partial charge in [-0.1, -0.05) is 31.9 Å². The molecule has 0 aliphatic heterocycles. The number of anilines is 1. The van der Waals surface area contributed by atoms with E-state index < -0.39 is 0 Å². The minimum absolute atomic E-state index is 0.171. The van der Waals surface area contributed by atoms with Crippen molar-refractivity contribution in [2.75, 3.05) is 25.5 Å². The first-order valence-electron chi connectivity index (χ1n) is 8.53. The minimum atomic E-state index is -0.282. The SMILES string of the molecule is CCCCOc1ccccc1NC(=O)N(C)CC1CCCC1O. The van der Waals surface area contributed by atoms with Gasteiger partial charge in [-0.05, 0) is 31.4 Å². The van der Waals surface area contributed by atoms with E-state index in [0.717, 1.165) is 32.1 Å². The van der Waals surface area contributed by atoms with Crippen LogP contribution in [0.4, 0.5) is 10.5 Å². The third-order valence-corrected chi connectivity index (χ3v) is 4.36. The van der Waals surface area contributed by atoms with Gasteiger partial charge in [0.1, 0.15) is 5.75 Å². The number of benzene rings is 1. The first-order valence-corrected chi connectivity index (χ1v) is 8.53. The van der Waals surface area contributed by atoms with Gasteiger partial charge in [-0.3, -0.25) is 0 Å². The Balaban J connectivity index is 1.91. The van der Waals surface area contributed by atoms with Crippen LogP contribution in [-0.2, 0) is 0 Å². The summed E-state index contributed by atoms with van der Waals surface area (Å²) in [6.07, 6.45) is 4.64. The topological polar surface area (TPSA) is 61.8 Å². The summed E-state index contributed by atoms with van der Waals surface area (Å²) in [5.41, 5.74) is 0.687. The number of aliphatic hydroxyl groups is 1. The fourth-order valence-corrected chi connectivity index (χ4v) is 2.90. The number of urea groups is 1. The molecule has 5 nitrogen and oxygen atoms in total. The number of carbonyl (C=O) groups is 1. The van der Waals surface area contributed by atoms with Crippen LogP contribution in [0.15, 0.2) is 24.3 Å². The van der Waals surface area contributed by atoms with E-state index in [4.69, 9.17) is 4.74 Å². The molecule has 0 saturated heterocycles. The van der Waals surface area contributed by atoms with E-state index in [9.17, 15) is 9.90 Å². The highest BCUT2D eigenvalue weighted by Gasteiger charge is 2.27. The van der Waals surface area contributed by atoms with Crippen molar-refractivity contribution in [1.82, 2.24) is 4.90 Å². The Morgan fingerprint density at radius 3 is 2.87 bits per heavy atom. The number of nitrogens with one attached hydrogen (secondary N) is 1. The van der Waals surface area contributed by atoms with E-state index in [1.165, 1.54) is 0 Å². The van der Waals surface area contributed by atoms with Gasteiger partial charge in [0.25, 0.3) is 0 Å². The van der Waals surface area contributed by atoms with Crippen LogP contribution in [0.5, 0.6) is 5.75 Å². The van der Waals surface area contributed by atoms with Crippen molar-refractivity contribution < 1.29 is 14.6 Å². The van der Waals surface area contributed by atoms with Gasteiger partial charge in [0.15, 0.2) is 0 Å². The molecule has 2 amide bonds. The monoisotopic (exact) mass is 320 g/mol. The van der Waals surface area contributed by atoms with Crippen LogP contribution >= 0.6 is 0 Å². The minimum Gasteiger partial charge on any atom is -0.491 e. The van der Waals surface area contributed by atoms with Gasteiger partial charge in [-0.15, -0.1) is 0 Å². The van der Waals surface area contributed by atoms with E-state index in [-0.39, 0.29) is 18.1 Å². The molecule has 0 bridgehead atoms. The third-order valence-electron chi connectivity index (χ3n) is 4.36. The van der Waals surface area contributed by atoms with E-state index in [0.29, 0.717) is 24.6 Å². The number of para-hydroxylation sites is 2. The van der Waals surface area contributed by atoms with Gasteiger partial charge < -0.3 is 20.1 Å². The maximum atomic E-state index is 12.4. The molecule has 2 atom stereocenters. The van der Waals surface area contributed by atoms with E-state index in [2.05, 4.69) is 12.2 Å². The summed E-state index contributed by atoms with van der Waals surface area (Å²) in [5, 5.41) is 12.8. The standard InChI is InChI=1S/C18H28N2O3/c1-3-4-12-23-17-11-6-5-9-15(17)19-18(22)20(2)13-14-8-7-10-16(14)21/h5-6,9,11,14,16,21H,3-4,7-8,10,12-13H2,1-2H3,(H,19,22). The molecule has 1 aliphatic rings. The van der Waals surface area contributed by atoms with E-state index >= 15 is 0 Å². The number of ether oxygens (including phenoxy) is 1. The average molecular weight is 320 g/mol. The molecule has 1 fully saturated rings. The lowest BCUT2D eigenvalue weighted by Crippen LogP contribution is -2.37. The summed E-state index contributed by atoms with van der Waals surface area (Å²) >= 11 is 0. The van der Waals surface area contributed by atoms with Gasteiger partial charge in [0, 0.05) is 19.5 Å². The second kappa shape index (κ2) is 8.77. The van der Waals surface area contributed by atoms with Crippen molar-refractivity contribution in [3.63, 3.8) is 0 Å². The molecular weight excluding hydrogens is 292 g/mol. The van der Waals surface area contributed by atoms with Crippen molar-refractivity contribution in [1.29, 1.82) is 0 Å². The van der Waals surface area contributed by atoms with Crippen molar-refractivity contribution in [3.8, 4) is 5.75 Å². The van der Waals surface area contributed by atoms with Crippen molar-refractivity contribution in [2.45, 2.75) is 45.1 Å². The van der Waals surface area contributed by atoms with Crippen molar-refractivity contribution in [3.05, 3.63) is 24.3 Å². The predicted molar refractivity (Wildman–Crippen MR) is 91.8 cm³/mol. The highest BCUT2D eigenvalue weighted by molar-refractivity contribution is 5.90. The van der Waals surface area contributed by atoms with Gasteiger partial charge in [-0.2, -0.15) is 0 Å². The summed E-state index contributed by atoms with van der Waals surface area (Å²) in [4.78, 5) is 14.0. The van der Waals surface area contributed by atoms with E-state index in [1.54, 1.807) is 11.9 Å². The zero-order chi connectivity index (χ0) is 16.7.